The molecule has 5 nitrogen and oxygen atoms in total. The predicted octanol–water partition coefficient (Wildman–Crippen LogP) is 8.90. The second kappa shape index (κ2) is 14.9. The molecule has 0 aliphatic carbocycles. The van der Waals surface area contributed by atoms with Crippen molar-refractivity contribution in [2.24, 2.45) is 17.8 Å². The number of ether oxygens (including phenoxy) is 2. The molecule has 3 atom stereocenters. The van der Waals surface area contributed by atoms with Crippen LogP contribution in [0, 0.1) is 38.5 Å². The number of carboxylic acids is 1. The van der Waals surface area contributed by atoms with E-state index in [2.05, 4.69) is 34.6 Å². The van der Waals surface area contributed by atoms with Crippen LogP contribution in [-0.2, 0) is 16.0 Å². The summed E-state index contributed by atoms with van der Waals surface area (Å²) in [5.41, 5.74) is 3.76. The molecule has 1 aliphatic rings. The Balaban J connectivity index is 1.87. The number of benzene rings is 1. The molecule has 0 spiro atoms. The fourth-order valence-corrected chi connectivity index (χ4v) is 5.79. The van der Waals surface area contributed by atoms with E-state index in [1.807, 2.05) is 20.8 Å². The lowest BCUT2D eigenvalue weighted by molar-refractivity contribution is -0.142. The first-order chi connectivity index (χ1) is 17.8. The predicted molar refractivity (Wildman–Crippen MR) is 155 cm³/mol. The van der Waals surface area contributed by atoms with Gasteiger partial charge in [-0.15, -0.1) is 0 Å². The topological polar surface area (TPSA) is 72.8 Å². The van der Waals surface area contributed by atoms with E-state index in [1.165, 1.54) is 51.4 Å². The van der Waals surface area contributed by atoms with Crippen LogP contribution < -0.4 is 9.47 Å². The fourth-order valence-electron chi connectivity index (χ4n) is 5.79. The lowest BCUT2D eigenvalue weighted by Gasteiger charge is -2.38. The third-order valence-corrected chi connectivity index (χ3v) is 8.60. The third-order valence-electron chi connectivity index (χ3n) is 8.60. The van der Waals surface area contributed by atoms with Crippen molar-refractivity contribution in [3.8, 4) is 11.5 Å². The minimum Gasteiger partial charge on any atom is -0.487 e. The van der Waals surface area contributed by atoms with Crippen LogP contribution in [0.5, 0.6) is 11.5 Å². The van der Waals surface area contributed by atoms with Crippen molar-refractivity contribution >= 4 is 11.9 Å². The van der Waals surface area contributed by atoms with Gasteiger partial charge in [-0.05, 0) is 87.8 Å². The van der Waals surface area contributed by atoms with Crippen molar-refractivity contribution in [2.45, 2.75) is 144 Å². The zero-order valence-corrected chi connectivity index (χ0v) is 25.5. The number of aliphatic carboxylic acids is 1. The van der Waals surface area contributed by atoms with E-state index >= 15 is 0 Å². The molecule has 0 aromatic heterocycles. The van der Waals surface area contributed by atoms with Gasteiger partial charge < -0.3 is 14.6 Å². The van der Waals surface area contributed by atoms with E-state index in [0.717, 1.165) is 65.0 Å². The van der Waals surface area contributed by atoms with E-state index < -0.39 is 11.9 Å². The molecule has 1 aromatic carbocycles. The molecule has 1 N–H and O–H groups in total. The molecule has 0 fully saturated rings. The molecule has 0 saturated carbocycles. The molecule has 2 rings (SSSR count). The first-order valence-corrected chi connectivity index (χ1v) is 15.1. The first-order valence-electron chi connectivity index (χ1n) is 15.1. The zero-order chi connectivity index (χ0) is 28.5. The molecule has 0 unspecified atom stereocenters. The van der Waals surface area contributed by atoms with Gasteiger partial charge in [0.15, 0.2) is 0 Å². The van der Waals surface area contributed by atoms with Crippen molar-refractivity contribution in [3.63, 3.8) is 0 Å². The minimum atomic E-state index is -0.999. The molecule has 0 amide bonds. The van der Waals surface area contributed by atoms with Gasteiger partial charge in [0.05, 0.1) is 12.8 Å². The van der Waals surface area contributed by atoms with Crippen LogP contribution in [0.2, 0.25) is 0 Å². The van der Waals surface area contributed by atoms with Crippen molar-refractivity contribution < 1.29 is 24.2 Å². The minimum absolute atomic E-state index is 0.130. The van der Waals surface area contributed by atoms with Crippen LogP contribution in [0.15, 0.2) is 0 Å². The molecule has 38 heavy (non-hydrogen) atoms. The molecular formula is C33H54O5. The maximum absolute atomic E-state index is 12.2. The van der Waals surface area contributed by atoms with Gasteiger partial charge in [0.25, 0.3) is 0 Å². The lowest BCUT2D eigenvalue weighted by atomic mass is 9.83. The number of fused-ring (bicyclic) bond motifs is 1. The monoisotopic (exact) mass is 530 g/mol. The van der Waals surface area contributed by atoms with Crippen LogP contribution in [-0.4, -0.2) is 22.6 Å². The fraction of sp³-hybridized carbons (Fsp3) is 0.758. The third kappa shape index (κ3) is 9.93. The Morgan fingerprint density at radius 2 is 1.45 bits per heavy atom. The molecule has 0 saturated heterocycles. The second-order valence-electron chi connectivity index (χ2n) is 12.8. The van der Waals surface area contributed by atoms with Gasteiger partial charge in [0, 0.05) is 5.56 Å². The number of rotatable bonds is 16. The second-order valence-corrected chi connectivity index (χ2v) is 12.8. The quantitative estimate of drug-likeness (QED) is 0.171. The van der Waals surface area contributed by atoms with Crippen LogP contribution in [0.25, 0.3) is 0 Å². The Bertz CT molecular complexity index is 934. The van der Waals surface area contributed by atoms with Gasteiger partial charge in [-0.3, -0.25) is 9.59 Å². The van der Waals surface area contributed by atoms with Crippen molar-refractivity contribution in [3.05, 3.63) is 22.3 Å². The standard InChI is InChI=1S/C33H54O5/c1-22(2)12-9-13-23(3)14-10-15-24(4)16-11-20-33(8)21-19-28-27(7)31(25(5)26(6)32(28)38-33)37-30(36)18-17-29(34)35/h22-24H,9-21H2,1-8H3,(H,34,35)/t23-,24+,33+/m0/s1. The highest BCUT2D eigenvalue weighted by molar-refractivity contribution is 5.79. The van der Waals surface area contributed by atoms with Gasteiger partial charge in [-0.1, -0.05) is 72.6 Å². The number of hydrogen-bond donors (Lipinski definition) is 1. The van der Waals surface area contributed by atoms with Gasteiger partial charge in [0.2, 0.25) is 0 Å². The highest BCUT2D eigenvalue weighted by atomic mass is 16.5. The number of esters is 1. The summed E-state index contributed by atoms with van der Waals surface area (Å²) in [6, 6.07) is 0. The highest BCUT2D eigenvalue weighted by Gasteiger charge is 2.34. The summed E-state index contributed by atoms with van der Waals surface area (Å²) in [4.78, 5) is 23.0. The SMILES string of the molecule is Cc1c(C)c2c(c(C)c1OC(=O)CCC(=O)O)CC[C@@](C)(CCC[C@H](C)CCC[C@@H](C)CCCC(C)C)O2. The van der Waals surface area contributed by atoms with E-state index in [9.17, 15) is 9.59 Å². The van der Waals surface area contributed by atoms with E-state index in [4.69, 9.17) is 14.6 Å². The Morgan fingerprint density at radius 1 is 0.868 bits per heavy atom. The summed E-state index contributed by atoms with van der Waals surface area (Å²) in [7, 11) is 0. The van der Waals surface area contributed by atoms with Crippen molar-refractivity contribution in [1.29, 1.82) is 0 Å². The Hall–Kier alpha value is -2.04. The Labute approximate surface area is 232 Å². The summed E-state index contributed by atoms with van der Waals surface area (Å²) in [5, 5.41) is 8.85. The lowest BCUT2D eigenvalue weighted by Crippen LogP contribution is -2.37. The largest absolute Gasteiger partial charge is 0.487 e. The summed E-state index contributed by atoms with van der Waals surface area (Å²) >= 11 is 0. The Morgan fingerprint density at radius 3 is 2.03 bits per heavy atom. The average molecular weight is 531 g/mol. The maximum Gasteiger partial charge on any atom is 0.311 e. The van der Waals surface area contributed by atoms with Crippen LogP contribution in [0.3, 0.4) is 0 Å². The van der Waals surface area contributed by atoms with E-state index in [-0.39, 0.29) is 18.4 Å². The number of carboxylic acid groups (broad SMARTS) is 1. The highest BCUT2D eigenvalue weighted by Crippen LogP contribution is 2.45. The molecule has 1 heterocycles. The smallest absolute Gasteiger partial charge is 0.311 e. The van der Waals surface area contributed by atoms with Crippen LogP contribution in [0.1, 0.15) is 134 Å². The summed E-state index contributed by atoms with van der Waals surface area (Å²) in [6.45, 7) is 17.6. The van der Waals surface area contributed by atoms with Gasteiger partial charge in [-0.2, -0.15) is 0 Å². The van der Waals surface area contributed by atoms with Gasteiger partial charge >= 0.3 is 11.9 Å². The van der Waals surface area contributed by atoms with Gasteiger partial charge in [0.1, 0.15) is 17.1 Å². The molecule has 216 valence electrons. The first kappa shape index (κ1) is 32.2. The zero-order valence-electron chi connectivity index (χ0n) is 25.5. The molecule has 0 radical (unpaired) electrons. The normalized spacial score (nSPS) is 18.6. The number of carbonyl (C=O) groups excluding carboxylic acids is 1. The average Bonchev–Trinajstić information content (AvgIpc) is 2.83. The molecular weight excluding hydrogens is 476 g/mol. The number of hydrogen-bond acceptors (Lipinski definition) is 4. The summed E-state index contributed by atoms with van der Waals surface area (Å²) in [6.07, 6.45) is 13.1. The number of carbonyl (C=O) groups is 2. The van der Waals surface area contributed by atoms with Crippen molar-refractivity contribution in [1.82, 2.24) is 0 Å². The molecule has 1 aliphatic heterocycles. The summed E-state index contributed by atoms with van der Waals surface area (Å²) < 4.78 is 12.3. The van der Waals surface area contributed by atoms with Crippen molar-refractivity contribution in [2.75, 3.05) is 0 Å². The molecule has 5 heteroatoms. The summed E-state index contributed by atoms with van der Waals surface area (Å²) in [5.74, 6) is 2.42. The molecule has 1 aromatic rings. The van der Waals surface area contributed by atoms with Crippen LogP contribution >= 0.6 is 0 Å². The molecule has 0 bridgehead atoms. The Kier molecular flexibility index (Phi) is 12.6. The van der Waals surface area contributed by atoms with Crippen LogP contribution in [0.4, 0.5) is 0 Å². The maximum atomic E-state index is 12.2. The van der Waals surface area contributed by atoms with E-state index in [0.29, 0.717) is 5.75 Å². The van der Waals surface area contributed by atoms with Gasteiger partial charge in [-0.25, -0.2) is 0 Å². The van der Waals surface area contributed by atoms with E-state index in [1.54, 1.807) is 0 Å².